The molecule has 0 radical (unpaired) electrons. The average Bonchev–Trinajstić information content (AvgIpc) is 3.03. The Morgan fingerprint density at radius 2 is 2.04 bits per heavy atom. The minimum Gasteiger partial charge on any atom is -0.441 e. The minimum atomic E-state index is -0.151. The number of nitrogens with one attached hydrogen (secondary N) is 1. The van der Waals surface area contributed by atoms with Crippen LogP contribution in [0.15, 0.2) is 53.1 Å². The molecule has 3 rings (SSSR count). The first-order valence-electron chi connectivity index (χ1n) is 8.12. The molecule has 25 heavy (non-hydrogen) atoms. The van der Waals surface area contributed by atoms with Gasteiger partial charge in [-0.25, -0.2) is 4.98 Å². The molecule has 0 saturated carbocycles. The molecule has 6 heteroatoms. The lowest BCUT2D eigenvalue weighted by molar-refractivity contribution is 0.0954. The highest BCUT2D eigenvalue weighted by Gasteiger charge is 2.12. The molecule has 2 aromatic heterocycles. The number of carbonyl (C=O) groups excluding carboxylic acids is 1. The Bertz CT molecular complexity index is 859. The molecule has 1 amide bonds. The third-order valence-electron chi connectivity index (χ3n) is 3.85. The van der Waals surface area contributed by atoms with Crippen molar-refractivity contribution >= 4 is 5.91 Å². The number of oxazole rings is 1. The van der Waals surface area contributed by atoms with E-state index in [1.807, 2.05) is 37.3 Å². The van der Waals surface area contributed by atoms with Crippen LogP contribution < -0.4 is 11.1 Å². The van der Waals surface area contributed by atoms with Crippen molar-refractivity contribution in [3.63, 3.8) is 0 Å². The molecule has 0 atom stereocenters. The molecule has 0 unspecified atom stereocenters. The first-order valence-corrected chi connectivity index (χ1v) is 8.12. The number of rotatable bonds is 6. The van der Waals surface area contributed by atoms with Gasteiger partial charge in [0.15, 0.2) is 0 Å². The van der Waals surface area contributed by atoms with Gasteiger partial charge in [0.2, 0.25) is 5.89 Å². The molecule has 0 spiro atoms. The lowest BCUT2D eigenvalue weighted by atomic mass is 10.2. The van der Waals surface area contributed by atoms with Crippen LogP contribution in [0.1, 0.15) is 27.5 Å². The van der Waals surface area contributed by atoms with Gasteiger partial charge in [-0.15, -0.1) is 0 Å². The average molecular weight is 336 g/mol. The van der Waals surface area contributed by atoms with Gasteiger partial charge in [-0.1, -0.05) is 18.2 Å². The van der Waals surface area contributed by atoms with E-state index >= 15 is 0 Å². The van der Waals surface area contributed by atoms with Crippen LogP contribution in [-0.4, -0.2) is 22.4 Å². The zero-order valence-corrected chi connectivity index (χ0v) is 14.0. The van der Waals surface area contributed by atoms with Crippen molar-refractivity contribution in [3.8, 4) is 11.5 Å². The molecule has 0 fully saturated rings. The van der Waals surface area contributed by atoms with Gasteiger partial charge in [-0.2, -0.15) is 0 Å². The Hall–Kier alpha value is -2.99. The van der Waals surface area contributed by atoms with Gasteiger partial charge in [0, 0.05) is 36.8 Å². The van der Waals surface area contributed by atoms with E-state index in [0.29, 0.717) is 36.7 Å². The molecule has 128 valence electrons. The number of aryl methyl sites for hydroxylation is 1. The molecule has 0 bridgehead atoms. The fourth-order valence-electron chi connectivity index (χ4n) is 2.49. The van der Waals surface area contributed by atoms with Crippen molar-refractivity contribution in [2.45, 2.75) is 19.9 Å². The van der Waals surface area contributed by atoms with Gasteiger partial charge in [0.1, 0.15) is 5.76 Å². The number of nitrogens with two attached hydrogens (primary N) is 1. The summed E-state index contributed by atoms with van der Waals surface area (Å²) in [6.07, 6.45) is 2.19. The van der Waals surface area contributed by atoms with E-state index in [1.165, 1.54) is 0 Å². The quantitative estimate of drug-likeness (QED) is 0.721. The van der Waals surface area contributed by atoms with E-state index in [-0.39, 0.29) is 5.91 Å². The normalized spacial score (nSPS) is 10.6. The highest BCUT2D eigenvalue weighted by molar-refractivity contribution is 5.94. The maximum atomic E-state index is 12.2. The third kappa shape index (κ3) is 4.10. The number of benzene rings is 1. The van der Waals surface area contributed by atoms with Gasteiger partial charge < -0.3 is 15.5 Å². The van der Waals surface area contributed by atoms with Crippen LogP contribution in [0.2, 0.25) is 0 Å². The number of hydrogen-bond acceptors (Lipinski definition) is 5. The zero-order chi connectivity index (χ0) is 17.6. The van der Waals surface area contributed by atoms with Crippen molar-refractivity contribution in [2.75, 3.05) is 6.54 Å². The van der Waals surface area contributed by atoms with Crippen LogP contribution in [0.25, 0.3) is 11.5 Å². The summed E-state index contributed by atoms with van der Waals surface area (Å²) < 4.78 is 5.73. The highest BCUT2D eigenvalue weighted by Crippen LogP contribution is 2.21. The van der Waals surface area contributed by atoms with E-state index in [1.54, 1.807) is 18.3 Å². The topological polar surface area (TPSA) is 94.0 Å². The van der Waals surface area contributed by atoms with Crippen molar-refractivity contribution in [2.24, 2.45) is 5.73 Å². The summed E-state index contributed by atoms with van der Waals surface area (Å²) >= 11 is 0. The maximum absolute atomic E-state index is 12.2. The van der Waals surface area contributed by atoms with E-state index in [4.69, 9.17) is 10.2 Å². The molecule has 0 saturated heterocycles. The second kappa shape index (κ2) is 7.72. The summed E-state index contributed by atoms with van der Waals surface area (Å²) in [5.41, 5.74) is 8.57. The van der Waals surface area contributed by atoms with Crippen molar-refractivity contribution in [1.82, 2.24) is 15.3 Å². The predicted octanol–water partition coefficient (Wildman–Crippen LogP) is 2.48. The van der Waals surface area contributed by atoms with E-state index in [0.717, 1.165) is 17.0 Å². The molecule has 0 aliphatic rings. The zero-order valence-electron chi connectivity index (χ0n) is 14.0. The fraction of sp³-hybridized carbons (Fsp3) is 0.211. The van der Waals surface area contributed by atoms with Gasteiger partial charge >= 0.3 is 0 Å². The minimum absolute atomic E-state index is 0.151. The lowest BCUT2D eigenvalue weighted by Crippen LogP contribution is -2.26. The maximum Gasteiger partial charge on any atom is 0.251 e. The van der Waals surface area contributed by atoms with Crippen LogP contribution in [0, 0.1) is 6.92 Å². The smallest absolute Gasteiger partial charge is 0.251 e. The summed E-state index contributed by atoms with van der Waals surface area (Å²) in [4.78, 5) is 20.8. The van der Waals surface area contributed by atoms with Crippen LogP contribution in [0.5, 0.6) is 0 Å². The van der Waals surface area contributed by atoms with Crippen LogP contribution in [-0.2, 0) is 13.0 Å². The largest absolute Gasteiger partial charge is 0.441 e. The number of aromatic nitrogens is 2. The number of nitrogens with zero attached hydrogens (tertiary/aromatic N) is 2. The van der Waals surface area contributed by atoms with E-state index < -0.39 is 0 Å². The summed E-state index contributed by atoms with van der Waals surface area (Å²) in [7, 11) is 0. The predicted molar refractivity (Wildman–Crippen MR) is 94.8 cm³/mol. The first kappa shape index (κ1) is 16.9. The molecule has 2 heterocycles. The monoisotopic (exact) mass is 336 g/mol. The van der Waals surface area contributed by atoms with Crippen molar-refractivity contribution < 1.29 is 9.21 Å². The molecule has 3 aromatic rings. The molecule has 0 aliphatic heterocycles. The number of carbonyl (C=O) groups is 1. The second-order valence-corrected chi connectivity index (χ2v) is 5.63. The molecule has 0 aliphatic carbocycles. The van der Waals surface area contributed by atoms with Gasteiger partial charge in [0.25, 0.3) is 5.91 Å². The van der Waals surface area contributed by atoms with Crippen LogP contribution >= 0.6 is 0 Å². The SMILES string of the molecule is Cc1oc(-c2ccccc2)nc1CCNC(=O)c1ccnc(CN)c1. The van der Waals surface area contributed by atoms with Crippen LogP contribution in [0.3, 0.4) is 0 Å². The Labute approximate surface area is 146 Å². The second-order valence-electron chi connectivity index (χ2n) is 5.63. The van der Waals surface area contributed by atoms with Crippen molar-refractivity contribution in [1.29, 1.82) is 0 Å². The Morgan fingerprint density at radius 1 is 1.24 bits per heavy atom. The Kier molecular flexibility index (Phi) is 5.20. The van der Waals surface area contributed by atoms with Crippen molar-refractivity contribution in [3.05, 3.63) is 71.4 Å². The molecule has 6 nitrogen and oxygen atoms in total. The number of pyridine rings is 1. The highest BCUT2D eigenvalue weighted by atomic mass is 16.4. The molecule has 3 N–H and O–H groups in total. The summed E-state index contributed by atoms with van der Waals surface area (Å²) in [6.45, 7) is 2.66. The van der Waals surface area contributed by atoms with Crippen LogP contribution in [0.4, 0.5) is 0 Å². The van der Waals surface area contributed by atoms with E-state index in [9.17, 15) is 4.79 Å². The fourth-order valence-corrected chi connectivity index (χ4v) is 2.49. The Morgan fingerprint density at radius 3 is 2.80 bits per heavy atom. The molecular formula is C19H20N4O2. The van der Waals surface area contributed by atoms with Gasteiger partial charge in [-0.3, -0.25) is 9.78 Å². The molecular weight excluding hydrogens is 316 g/mol. The van der Waals surface area contributed by atoms with Gasteiger partial charge in [-0.05, 0) is 31.2 Å². The van der Waals surface area contributed by atoms with E-state index in [2.05, 4.69) is 15.3 Å². The lowest BCUT2D eigenvalue weighted by Gasteiger charge is -2.05. The third-order valence-corrected chi connectivity index (χ3v) is 3.85. The standard InChI is InChI=1S/C19H20N4O2/c1-13-17(23-19(25-13)14-5-3-2-4-6-14)8-10-22-18(24)15-7-9-21-16(11-15)12-20/h2-7,9,11H,8,10,12,20H2,1H3,(H,22,24). The summed E-state index contributed by atoms with van der Waals surface area (Å²) in [5, 5.41) is 2.89. The summed E-state index contributed by atoms with van der Waals surface area (Å²) in [6, 6.07) is 13.1. The molecule has 1 aromatic carbocycles. The summed E-state index contributed by atoms with van der Waals surface area (Å²) in [5.74, 6) is 1.21. The number of hydrogen-bond donors (Lipinski definition) is 2. The Balaban J connectivity index is 1.60. The first-order chi connectivity index (χ1) is 12.2. The van der Waals surface area contributed by atoms with Gasteiger partial charge in [0.05, 0.1) is 11.4 Å². The number of amides is 1.